The van der Waals surface area contributed by atoms with E-state index in [-0.39, 0.29) is 30.4 Å². The van der Waals surface area contributed by atoms with Gasteiger partial charge < -0.3 is 4.90 Å². The molecule has 8 heteroatoms. The van der Waals surface area contributed by atoms with Gasteiger partial charge >= 0.3 is 5.69 Å². The number of piperidine rings is 1. The van der Waals surface area contributed by atoms with Crippen molar-refractivity contribution in [3.63, 3.8) is 0 Å². The molecule has 0 bridgehead atoms. The first-order valence-electron chi connectivity index (χ1n) is 9.27. The molecule has 0 saturated carbocycles. The SMILES string of the molecule is O=C(Cn1c(=O)n(Cc2ccc(F)cc2)c(=O)c2sccc21)N1CCCCC1. The Labute approximate surface area is 164 Å². The summed E-state index contributed by atoms with van der Waals surface area (Å²) in [5.41, 5.74) is 0.220. The van der Waals surface area contributed by atoms with Crippen LogP contribution >= 0.6 is 11.3 Å². The molecule has 1 amide bonds. The van der Waals surface area contributed by atoms with Crippen LogP contribution in [0.4, 0.5) is 4.39 Å². The second-order valence-electron chi connectivity index (χ2n) is 6.96. The van der Waals surface area contributed by atoms with Gasteiger partial charge in [-0.25, -0.2) is 9.18 Å². The van der Waals surface area contributed by atoms with Gasteiger partial charge in [0.05, 0.1) is 12.1 Å². The first-order valence-corrected chi connectivity index (χ1v) is 10.2. The zero-order valence-electron chi connectivity index (χ0n) is 15.3. The lowest BCUT2D eigenvalue weighted by Crippen LogP contribution is -2.44. The summed E-state index contributed by atoms with van der Waals surface area (Å²) >= 11 is 1.25. The number of rotatable bonds is 4. The maximum absolute atomic E-state index is 13.2. The monoisotopic (exact) mass is 401 g/mol. The van der Waals surface area contributed by atoms with E-state index >= 15 is 0 Å². The number of benzene rings is 1. The number of fused-ring (bicyclic) bond motifs is 1. The third-order valence-electron chi connectivity index (χ3n) is 5.09. The van der Waals surface area contributed by atoms with Crippen LogP contribution < -0.4 is 11.2 Å². The quantitative estimate of drug-likeness (QED) is 0.675. The summed E-state index contributed by atoms with van der Waals surface area (Å²) in [5.74, 6) is -0.490. The average molecular weight is 401 g/mol. The number of nitrogens with zero attached hydrogens (tertiary/aromatic N) is 3. The molecule has 146 valence electrons. The maximum Gasteiger partial charge on any atom is 0.332 e. The van der Waals surface area contributed by atoms with Gasteiger partial charge in [-0.05, 0) is 48.4 Å². The number of hydrogen-bond donors (Lipinski definition) is 0. The van der Waals surface area contributed by atoms with Crippen LogP contribution in [0.2, 0.25) is 0 Å². The molecule has 1 aliphatic heterocycles. The van der Waals surface area contributed by atoms with E-state index < -0.39 is 5.69 Å². The minimum atomic E-state index is -0.523. The Morgan fingerprint density at radius 1 is 1.00 bits per heavy atom. The lowest BCUT2D eigenvalue weighted by Gasteiger charge is -2.27. The van der Waals surface area contributed by atoms with Crippen molar-refractivity contribution in [2.45, 2.75) is 32.4 Å². The maximum atomic E-state index is 13.2. The van der Waals surface area contributed by atoms with Crippen LogP contribution in [0.1, 0.15) is 24.8 Å². The first-order chi connectivity index (χ1) is 13.5. The van der Waals surface area contributed by atoms with E-state index in [4.69, 9.17) is 0 Å². The summed E-state index contributed by atoms with van der Waals surface area (Å²) in [4.78, 5) is 40.4. The van der Waals surface area contributed by atoms with Crippen LogP contribution in [0.25, 0.3) is 10.2 Å². The number of likely N-dealkylation sites (tertiary alicyclic amines) is 1. The van der Waals surface area contributed by atoms with Crippen LogP contribution in [0.3, 0.4) is 0 Å². The zero-order chi connectivity index (χ0) is 19.7. The summed E-state index contributed by atoms with van der Waals surface area (Å²) in [7, 11) is 0. The van der Waals surface area contributed by atoms with E-state index in [1.807, 2.05) is 0 Å². The molecule has 28 heavy (non-hydrogen) atoms. The van der Waals surface area contributed by atoms with E-state index in [1.54, 1.807) is 28.5 Å². The van der Waals surface area contributed by atoms with Crippen molar-refractivity contribution in [1.82, 2.24) is 14.0 Å². The fourth-order valence-corrected chi connectivity index (χ4v) is 4.42. The Hall–Kier alpha value is -2.74. The van der Waals surface area contributed by atoms with Gasteiger partial charge in [-0.15, -0.1) is 11.3 Å². The van der Waals surface area contributed by atoms with E-state index in [1.165, 1.54) is 28.0 Å². The van der Waals surface area contributed by atoms with Crippen molar-refractivity contribution < 1.29 is 9.18 Å². The predicted octanol–water partition coefficient (Wildman–Crippen LogP) is 2.42. The van der Waals surface area contributed by atoms with E-state index in [0.717, 1.165) is 23.8 Å². The Balaban J connectivity index is 1.74. The van der Waals surface area contributed by atoms with Crippen LogP contribution in [0.15, 0.2) is 45.3 Å². The average Bonchev–Trinajstić information content (AvgIpc) is 3.20. The largest absolute Gasteiger partial charge is 0.341 e. The standard InChI is InChI=1S/C20H20FN3O3S/c21-15-6-4-14(5-7-15)12-24-19(26)18-16(8-11-28-18)23(20(24)27)13-17(25)22-9-2-1-3-10-22/h4-8,11H,1-3,9-10,12-13H2. The van der Waals surface area contributed by atoms with Crippen molar-refractivity contribution >= 4 is 27.5 Å². The highest BCUT2D eigenvalue weighted by molar-refractivity contribution is 7.17. The number of carbonyl (C=O) groups excluding carboxylic acids is 1. The van der Waals surface area contributed by atoms with Gasteiger partial charge in [0, 0.05) is 13.1 Å². The molecule has 1 aliphatic rings. The molecular weight excluding hydrogens is 381 g/mol. The fourth-order valence-electron chi connectivity index (χ4n) is 3.58. The highest BCUT2D eigenvalue weighted by atomic mass is 32.1. The summed E-state index contributed by atoms with van der Waals surface area (Å²) in [6.07, 6.45) is 3.05. The summed E-state index contributed by atoms with van der Waals surface area (Å²) in [5, 5.41) is 1.75. The fraction of sp³-hybridized carbons (Fsp3) is 0.350. The molecule has 0 unspecified atom stereocenters. The second kappa shape index (κ2) is 7.71. The lowest BCUT2D eigenvalue weighted by molar-refractivity contribution is -0.132. The molecule has 0 spiro atoms. The Kier molecular flexibility index (Phi) is 5.13. The normalized spacial score (nSPS) is 14.5. The molecule has 0 aliphatic carbocycles. The number of carbonyl (C=O) groups is 1. The summed E-state index contributed by atoms with van der Waals surface area (Å²) in [6, 6.07) is 7.38. The molecule has 6 nitrogen and oxygen atoms in total. The van der Waals surface area contributed by atoms with Crippen molar-refractivity contribution in [3.8, 4) is 0 Å². The highest BCUT2D eigenvalue weighted by Gasteiger charge is 2.21. The minimum absolute atomic E-state index is 0.0314. The molecule has 2 aromatic heterocycles. The summed E-state index contributed by atoms with van der Waals surface area (Å²) < 4.78 is 16.1. The number of halogens is 1. The van der Waals surface area contributed by atoms with E-state index in [9.17, 15) is 18.8 Å². The lowest BCUT2D eigenvalue weighted by atomic mass is 10.1. The Bertz CT molecular complexity index is 1120. The van der Waals surface area contributed by atoms with Crippen LogP contribution in [0.5, 0.6) is 0 Å². The second-order valence-corrected chi connectivity index (χ2v) is 7.88. The van der Waals surface area contributed by atoms with Gasteiger partial charge in [0.1, 0.15) is 17.1 Å². The van der Waals surface area contributed by atoms with Gasteiger partial charge in [0.15, 0.2) is 0 Å². The predicted molar refractivity (Wildman–Crippen MR) is 106 cm³/mol. The summed E-state index contributed by atoms with van der Waals surface area (Å²) in [6.45, 7) is 1.35. The van der Waals surface area contributed by atoms with Gasteiger partial charge in [0.25, 0.3) is 5.56 Å². The number of thiophene rings is 1. The van der Waals surface area contributed by atoms with E-state index in [2.05, 4.69) is 0 Å². The third-order valence-corrected chi connectivity index (χ3v) is 5.98. The molecular formula is C20H20FN3O3S. The van der Waals surface area contributed by atoms with Gasteiger partial charge in [0.2, 0.25) is 5.91 Å². The van der Waals surface area contributed by atoms with E-state index in [0.29, 0.717) is 28.9 Å². The molecule has 1 aromatic carbocycles. The molecule has 1 saturated heterocycles. The van der Waals surface area contributed by atoms with Crippen LogP contribution in [-0.2, 0) is 17.9 Å². The molecule has 3 aromatic rings. The van der Waals surface area contributed by atoms with Crippen molar-refractivity contribution in [3.05, 3.63) is 67.9 Å². The van der Waals surface area contributed by atoms with Gasteiger partial charge in [-0.3, -0.25) is 18.7 Å². The molecule has 0 radical (unpaired) electrons. The smallest absolute Gasteiger partial charge is 0.332 e. The number of hydrogen-bond acceptors (Lipinski definition) is 4. The molecule has 4 rings (SSSR count). The highest BCUT2D eigenvalue weighted by Crippen LogP contribution is 2.16. The van der Waals surface area contributed by atoms with Crippen molar-refractivity contribution in [1.29, 1.82) is 0 Å². The molecule has 3 heterocycles. The topological polar surface area (TPSA) is 64.3 Å². The Morgan fingerprint density at radius 3 is 2.43 bits per heavy atom. The van der Waals surface area contributed by atoms with Crippen LogP contribution in [0, 0.1) is 5.82 Å². The Morgan fingerprint density at radius 2 is 1.71 bits per heavy atom. The van der Waals surface area contributed by atoms with Gasteiger partial charge in [-0.1, -0.05) is 12.1 Å². The molecule has 0 atom stereocenters. The number of aromatic nitrogens is 2. The van der Waals surface area contributed by atoms with Crippen molar-refractivity contribution in [2.24, 2.45) is 0 Å². The third kappa shape index (κ3) is 3.52. The van der Waals surface area contributed by atoms with Crippen LogP contribution in [-0.4, -0.2) is 33.0 Å². The number of amides is 1. The molecule has 1 fully saturated rings. The molecule has 0 N–H and O–H groups in total. The zero-order valence-corrected chi connectivity index (χ0v) is 16.1. The first kappa shape index (κ1) is 18.6. The van der Waals surface area contributed by atoms with Crippen molar-refractivity contribution in [2.75, 3.05) is 13.1 Å². The minimum Gasteiger partial charge on any atom is -0.341 e. The van der Waals surface area contributed by atoms with Gasteiger partial charge in [-0.2, -0.15) is 0 Å².